The molecule has 0 aliphatic carbocycles. The maximum absolute atomic E-state index is 13.5. The van der Waals surface area contributed by atoms with Crippen LogP contribution in [0.3, 0.4) is 0 Å². The van der Waals surface area contributed by atoms with E-state index in [1.165, 1.54) is 18.3 Å². The lowest BCUT2D eigenvalue weighted by atomic mass is 10.0. The first-order valence-electron chi connectivity index (χ1n) is 11.6. The van der Waals surface area contributed by atoms with Gasteiger partial charge in [0.05, 0.1) is 17.8 Å². The summed E-state index contributed by atoms with van der Waals surface area (Å²) in [5.74, 6) is 1.05. The average molecular weight is 472 g/mol. The molecule has 1 fully saturated rings. The molecule has 0 saturated carbocycles. The summed E-state index contributed by atoms with van der Waals surface area (Å²) < 4.78 is 15.2. The molecule has 0 unspecified atom stereocenters. The SMILES string of the molecule is Cn1nc(CN2CCC(NC(=O)c3ccc(-c4cccc(F)c4)nc3)CC2)nc1-c1ccccn1. The number of halogens is 1. The van der Waals surface area contributed by atoms with E-state index in [0.29, 0.717) is 23.4 Å². The largest absolute Gasteiger partial charge is 0.349 e. The second-order valence-electron chi connectivity index (χ2n) is 8.66. The van der Waals surface area contributed by atoms with E-state index in [0.717, 1.165) is 43.3 Å². The van der Waals surface area contributed by atoms with Gasteiger partial charge in [-0.15, -0.1) is 0 Å². The summed E-state index contributed by atoms with van der Waals surface area (Å²) in [6.45, 7) is 2.35. The highest BCUT2D eigenvalue weighted by Crippen LogP contribution is 2.19. The predicted octanol–water partition coefficient (Wildman–Crippen LogP) is 3.47. The van der Waals surface area contributed by atoms with E-state index in [2.05, 4.69) is 30.3 Å². The Morgan fingerprint density at radius 2 is 1.91 bits per heavy atom. The minimum Gasteiger partial charge on any atom is -0.349 e. The lowest BCUT2D eigenvalue weighted by Crippen LogP contribution is -2.44. The highest BCUT2D eigenvalue weighted by molar-refractivity contribution is 5.94. The van der Waals surface area contributed by atoms with Gasteiger partial charge in [0.2, 0.25) is 0 Å². The Kier molecular flexibility index (Phi) is 6.58. The molecule has 1 saturated heterocycles. The maximum Gasteiger partial charge on any atom is 0.253 e. The molecule has 0 radical (unpaired) electrons. The van der Waals surface area contributed by atoms with Crippen molar-refractivity contribution >= 4 is 5.91 Å². The molecule has 1 amide bonds. The van der Waals surface area contributed by atoms with E-state index < -0.39 is 0 Å². The minimum absolute atomic E-state index is 0.0995. The zero-order valence-electron chi connectivity index (χ0n) is 19.4. The number of carbonyl (C=O) groups is 1. The van der Waals surface area contributed by atoms with Crippen molar-refractivity contribution < 1.29 is 9.18 Å². The topological polar surface area (TPSA) is 88.8 Å². The Morgan fingerprint density at radius 3 is 2.63 bits per heavy atom. The van der Waals surface area contributed by atoms with Gasteiger partial charge in [0.25, 0.3) is 5.91 Å². The number of nitrogens with one attached hydrogen (secondary N) is 1. The molecular formula is C26H26FN7O. The van der Waals surface area contributed by atoms with Crippen molar-refractivity contribution in [2.75, 3.05) is 13.1 Å². The highest BCUT2D eigenvalue weighted by atomic mass is 19.1. The van der Waals surface area contributed by atoms with Gasteiger partial charge in [-0.05, 0) is 49.2 Å². The summed E-state index contributed by atoms with van der Waals surface area (Å²) >= 11 is 0. The van der Waals surface area contributed by atoms with Crippen LogP contribution in [0.15, 0.2) is 67.0 Å². The molecule has 178 valence electrons. The monoisotopic (exact) mass is 471 g/mol. The van der Waals surface area contributed by atoms with Gasteiger partial charge in [-0.3, -0.25) is 19.7 Å². The maximum atomic E-state index is 13.5. The fraction of sp³-hybridized carbons (Fsp3) is 0.269. The standard InChI is InChI=1S/C26H26FN7O/c1-33-25(23-7-2-3-12-28-23)31-24(32-33)17-34-13-10-21(11-14-34)30-26(35)19-8-9-22(29-16-19)18-5-4-6-20(27)15-18/h2-9,12,15-16,21H,10-11,13-14,17H2,1H3,(H,30,35). The van der Waals surface area contributed by atoms with Crippen LogP contribution < -0.4 is 5.32 Å². The summed E-state index contributed by atoms with van der Waals surface area (Å²) in [4.78, 5) is 28.4. The van der Waals surface area contributed by atoms with E-state index in [9.17, 15) is 9.18 Å². The molecule has 4 heterocycles. The Balaban J connectivity index is 1.13. The molecule has 4 aromatic rings. The van der Waals surface area contributed by atoms with Crippen molar-refractivity contribution in [1.29, 1.82) is 0 Å². The molecule has 1 aliphatic rings. The van der Waals surface area contributed by atoms with Gasteiger partial charge < -0.3 is 5.32 Å². The Hall–Kier alpha value is -3.98. The number of benzene rings is 1. The third-order valence-corrected chi connectivity index (χ3v) is 6.13. The lowest BCUT2D eigenvalue weighted by molar-refractivity contribution is 0.0907. The van der Waals surface area contributed by atoms with Crippen molar-refractivity contribution in [2.24, 2.45) is 7.05 Å². The molecule has 1 N–H and O–H groups in total. The molecule has 0 atom stereocenters. The molecule has 1 aliphatic heterocycles. The summed E-state index contributed by atoms with van der Waals surface area (Å²) in [7, 11) is 1.88. The van der Waals surface area contributed by atoms with Crippen molar-refractivity contribution in [3.05, 3.63) is 84.2 Å². The first-order valence-corrected chi connectivity index (χ1v) is 11.6. The van der Waals surface area contributed by atoms with E-state index >= 15 is 0 Å². The molecule has 9 heteroatoms. The third-order valence-electron chi connectivity index (χ3n) is 6.13. The van der Waals surface area contributed by atoms with Gasteiger partial charge in [0.15, 0.2) is 11.6 Å². The average Bonchev–Trinajstić information content (AvgIpc) is 3.25. The van der Waals surface area contributed by atoms with E-state index in [1.54, 1.807) is 35.1 Å². The summed E-state index contributed by atoms with van der Waals surface area (Å²) in [5, 5.41) is 7.66. The first-order chi connectivity index (χ1) is 17.0. The normalized spacial score (nSPS) is 14.7. The zero-order valence-corrected chi connectivity index (χ0v) is 19.4. The van der Waals surface area contributed by atoms with E-state index in [4.69, 9.17) is 0 Å². The molecule has 35 heavy (non-hydrogen) atoms. The quantitative estimate of drug-likeness (QED) is 0.463. The zero-order chi connectivity index (χ0) is 24.2. The minimum atomic E-state index is -0.315. The Labute approximate surface area is 202 Å². The number of pyridine rings is 2. The van der Waals surface area contributed by atoms with Gasteiger partial charge in [-0.2, -0.15) is 5.10 Å². The molecule has 0 bridgehead atoms. The van der Waals surface area contributed by atoms with Crippen LogP contribution in [0.5, 0.6) is 0 Å². The number of hydrogen-bond acceptors (Lipinski definition) is 6. The van der Waals surface area contributed by atoms with E-state index in [-0.39, 0.29) is 17.8 Å². The number of rotatable bonds is 6. The number of hydrogen-bond donors (Lipinski definition) is 1. The summed E-state index contributed by atoms with van der Waals surface area (Å²) in [5.41, 5.74) is 2.60. The van der Waals surface area contributed by atoms with E-state index in [1.807, 2.05) is 25.2 Å². The van der Waals surface area contributed by atoms with Crippen LogP contribution in [0.25, 0.3) is 22.8 Å². The van der Waals surface area contributed by atoms with Crippen LogP contribution in [0, 0.1) is 5.82 Å². The van der Waals surface area contributed by atoms with Crippen LogP contribution >= 0.6 is 0 Å². The van der Waals surface area contributed by atoms with Crippen molar-refractivity contribution in [1.82, 2.24) is 34.9 Å². The number of piperidine rings is 1. The van der Waals surface area contributed by atoms with Gasteiger partial charge in [-0.1, -0.05) is 18.2 Å². The number of aryl methyl sites for hydroxylation is 1. The number of likely N-dealkylation sites (tertiary alicyclic amines) is 1. The van der Waals surface area contributed by atoms with Crippen LogP contribution in [-0.4, -0.2) is 54.7 Å². The van der Waals surface area contributed by atoms with Gasteiger partial charge >= 0.3 is 0 Å². The Morgan fingerprint density at radius 1 is 1.06 bits per heavy atom. The number of aromatic nitrogens is 5. The second-order valence-corrected chi connectivity index (χ2v) is 8.66. The predicted molar refractivity (Wildman–Crippen MR) is 130 cm³/mol. The van der Waals surface area contributed by atoms with Gasteiger partial charge in [0.1, 0.15) is 11.5 Å². The number of amides is 1. The molecule has 8 nitrogen and oxygen atoms in total. The summed E-state index contributed by atoms with van der Waals surface area (Å²) in [6.07, 6.45) is 4.98. The highest BCUT2D eigenvalue weighted by Gasteiger charge is 2.23. The molecular weight excluding hydrogens is 445 g/mol. The molecule has 3 aromatic heterocycles. The van der Waals surface area contributed by atoms with Crippen LogP contribution in [-0.2, 0) is 13.6 Å². The fourth-order valence-electron chi connectivity index (χ4n) is 4.27. The van der Waals surface area contributed by atoms with Crippen molar-refractivity contribution in [3.8, 4) is 22.8 Å². The smallest absolute Gasteiger partial charge is 0.253 e. The van der Waals surface area contributed by atoms with Gasteiger partial charge in [0, 0.05) is 44.1 Å². The third kappa shape index (κ3) is 5.41. The fourth-order valence-corrected chi connectivity index (χ4v) is 4.27. The number of nitrogens with zero attached hydrogens (tertiary/aromatic N) is 6. The molecule has 0 spiro atoms. The molecule has 5 rings (SSSR count). The second kappa shape index (κ2) is 10.1. The lowest BCUT2D eigenvalue weighted by Gasteiger charge is -2.31. The van der Waals surface area contributed by atoms with Gasteiger partial charge in [-0.25, -0.2) is 14.1 Å². The number of carbonyl (C=O) groups excluding carboxylic acids is 1. The van der Waals surface area contributed by atoms with Crippen LogP contribution in [0.2, 0.25) is 0 Å². The Bertz CT molecular complexity index is 1300. The van der Waals surface area contributed by atoms with Crippen molar-refractivity contribution in [3.63, 3.8) is 0 Å². The molecule has 1 aromatic carbocycles. The van der Waals surface area contributed by atoms with Crippen molar-refractivity contribution in [2.45, 2.75) is 25.4 Å². The van der Waals surface area contributed by atoms with Crippen LogP contribution in [0.4, 0.5) is 4.39 Å². The van der Waals surface area contributed by atoms with Crippen LogP contribution in [0.1, 0.15) is 29.0 Å². The first kappa shape index (κ1) is 22.8. The summed E-state index contributed by atoms with van der Waals surface area (Å²) in [6, 6.07) is 15.6.